The number of benzene rings is 1. The van der Waals surface area contributed by atoms with E-state index in [2.05, 4.69) is 5.32 Å². The van der Waals surface area contributed by atoms with Crippen molar-refractivity contribution in [3.05, 3.63) is 30.3 Å². The first-order chi connectivity index (χ1) is 8.47. The van der Waals surface area contributed by atoms with Crippen molar-refractivity contribution < 1.29 is 52.4 Å². The summed E-state index contributed by atoms with van der Waals surface area (Å²) in [4.78, 5) is 0. The van der Waals surface area contributed by atoms with Crippen LogP contribution in [0.4, 0.5) is 0 Å². The summed E-state index contributed by atoms with van der Waals surface area (Å²) in [5.74, 6) is 0.165. The Bertz CT molecular complexity index is 440. The van der Waals surface area contributed by atoms with E-state index in [0.717, 1.165) is 0 Å². The molecule has 0 saturated carbocycles. The minimum Gasteiger partial charge on any atom is -0.748 e. The zero-order valence-corrected chi connectivity index (χ0v) is 13.6. The second-order valence-corrected chi connectivity index (χ2v) is 5.27. The van der Waals surface area contributed by atoms with Crippen molar-refractivity contribution in [1.29, 1.82) is 0 Å². The smallest absolute Gasteiger partial charge is 0.748 e. The Kier molecular flexibility index (Phi) is 9.63. The summed E-state index contributed by atoms with van der Waals surface area (Å²) >= 11 is 0. The molecule has 0 radical (unpaired) electrons. The second-order valence-electron chi connectivity index (χ2n) is 3.74. The molecule has 6 nitrogen and oxygen atoms in total. The molecule has 0 amide bonds. The van der Waals surface area contributed by atoms with Crippen molar-refractivity contribution in [2.75, 3.05) is 25.4 Å². The van der Waals surface area contributed by atoms with Crippen LogP contribution in [0.3, 0.4) is 0 Å². The fourth-order valence-corrected chi connectivity index (χ4v) is 1.63. The molecule has 1 rings (SSSR count). The van der Waals surface area contributed by atoms with Gasteiger partial charge in [-0.2, -0.15) is 0 Å². The van der Waals surface area contributed by atoms with E-state index in [1.54, 1.807) is 12.1 Å². The number of rotatable bonds is 8. The Morgan fingerprint density at radius 1 is 1.32 bits per heavy atom. The predicted molar refractivity (Wildman–Crippen MR) is 65.4 cm³/mol. The van der Waals surface area contributed by atoms with E-state index >= 15 is 0 Å². The zero-order chi connectivity index (χ0) is 13.4. The van der Waals surface area contributed by atoms with Gasteiger partial charge < -0.3 is 19.7 Å². The first-order valence-corrected chi connectivity index (χ1v) is 7.05. The van der Waals surface area contributed by atoms with E-state index < -0.39 is 22.0 Å². The van der Waals surface area contributed by atoms with Crippen LogP contribution in [0.5, 0.6) is 5.75 Å². The molecule has 0 spiro atoms. The average molecular weight is 297 g/mol. The maximum Gasteiger partial charge on any atom is 1.00 e. The Hall–Kier alpha value is -0.150. The minimum absolute atomic E-state index is 0. The van der Waals surface area contributed by atoms with Gasteiger partial charge in [-0.3, -0.25) is 0 Å². The number of nitrogens with one attached hydrogen (secondary N) is 1. The molecule has 0 fully saturated rings. The number of para-hydroxylation sites is 1. The summed E-state index contributed by atoms with van der Waals surface area (Å²) in [6, 6.07) is 9.03. The third kappa shape index (κ3) is 10.3. The maximum atomic E-state index is 10.3. The second kappa shape index (κ2) is 9.71. The fourth-order valence-electron chi connectivity index (χ4n) is 1.23. The van der Waals surface area contributed by atoms with Gasteiger partial charge in [0, 0.05) is 13.1 Å². The summed E-state index contributed by atoms with van der Waals surface area (Å²) < 4.78 is 36.2. The van der Waals surface area contributed by atoms with Gasteiger partial charge in [-0.15, -0.1) is 0 Å². The minimum atomic E-state index is -4.20. The first-order valence-electron chi connectivity index (χ1n) is 5.47. The van der Waals surface area contributed by atoms with Gasteiger partial charge in [0.1, 0.15) is 18.5 Å². The van der Waals surface area contributed by atoms with Crippen LogP contribution in [0.1, 0.15) is 0 Å². The number of aliphatic hydroxyl groups excluding tert-OH is 1. The van der Waals surface area contributed by atoms with Gasteiger partial charge in [-0.25, -0.2) is 8.42 Å². The molecule has 0 aliphatic heterocycles. The van der Waals surface area contributed by atoms with Crippen LogP contribution in [0.15, 0.2) is 30.3 Å². The van der Waals surface area contributed by atoms with Gasteiger partial charge in [0.2, 0.25) is 0 Å². The third-order valence-electron chi connectivity index (χ3n) is 2.09. The molecule has 0 aliphatic carbocycles. The molecule has 1 aromatic rings. The summed E-state index contributed by atoms with van der Waals surface area (Å²) in [7, 11) is -4.20. The summed E-state index contributed by atoms with van der Waals surface area (Å²) in [5, 5.41) is 12.2. The van der Waals surface area contributed by atoms with Crippen LogP contribution in [0, 0.1) is 0 Å². The molecule has 2 N–H and O–H groups in total. The van der Waals surface area contributed by atoms with E-state index in [-0.39, 0.29) is 49.3 Å². The van der Waals surface area contributed by atoms with Crippen LogP contribution in [-0.4, -0.2) is 49.6 Å². The molecule has 1 aromatic carbocycles. The van der Waals surface area contributed by atoms with Crippen molar-refractivity contribution in [3.63, 3.8) is 0 Å². The quantitative estimate of drug-likeness (QED) is 0.294. The summed E-state index contributed by atoms with van der Waals surface area (Å²) in [5.41, 5.74) is 0. The first kappa shape index (κ1) is 18.9. The summed E-state index contributed by atoms with van der Waals surface area (Å²) in [6.45, 7) is 0.289. The van der Waals surface area contributed by atoms with Gasteiger partial charge in [-0.1, -0.05) is 18.2 Å². The number of aliphatic hydroxyl groups is 1. The van der Waals surface area contributed by atoms with E-state index in [1.165, 1.54) is 0 Å². The standard InChI is InChI=1S/C11H17NO5S.Na/c13-10(8-12-6-7-18(14,15)16)9-17-11-4-2-1-3-5-11;/h1-5,10,12-13H,6-9H2,(H,14,15,16);/q;+1/p-1. The molecule has 0 aliphatic rings. The molecular weight excluding hydrogens is 281 g/mol. The normalized spacial score (nSPS) is 12.5. The largest absolute Gasteiger partial charge is 1.00 e. The average Bonchev–Trinajstić information content (AvgIpc) is 2.32. The van der Waals surface area contributed by atoms with Crippen molar-refractivity contribution in [2.45, 2.75) is 6.10 Å². The van der Waals surface area contributed by atoms with E-state index in [9.17, 15) is 18.1 Å². The van der Waals surface area contributed by atoms with Crippen LogP contribution in [-0.2, 0) is 10.1 Å². The molecule has 19 heavy (non-hydrogen) atoms. The zero-order valence-electron chi connectivity index (χ0n) is 10.8. The predicted octanol–water partition coefficient (Wildman–Crippen LogP) is -3.43. The van der Waals surface area contributed by atoms with Crippen LogP contribution in [0.2, 0.25) is 0 Å². The molecule has 1 atom stereocenters. The number of hydrogen-bond acceptors (Lipinski definition) is 6. The van der Waals surface area contributed by atoms with Gasteiger partial charge in [-0.05, 0) is 12.1 Å². The Balaban J connectivity index is 0.00000324. The van der Waals surface area contributed by atoms with Crippen molar-refractivity contribution in [3.8, 4) is 5.75 Å². The Morgan fingerprint density at radius 3 is 2.53 bits per heavy atom. The van der Waals surface area contributed by atoms with Crippen LogP contribution < -0.4 is 39.6 Å². The van der Waals surface area contributed by atoms with Crippen molar-refractivity contribution >= 4 is 10.1 Å². The molecule has 1 unspecified atom stereocenters. The van der Waals surface area contributed by atoms with E-state index in [0.29, 0.717) is 5.75 Å². The van der Waals surface area contributed by atoms with Gasteiger partial charge in [0.15, 0.2) is 0 Å². The topological polar surface area (TPSA) is 98.7 Å². The monoisotopic (exact) mass is 297 g/mol. The molecular formula is C11H16NNaO5S. The summed E-state index contributed by atoms with van der Waals surface area (Å²) in [6.07, 6.45) is -0.764. The Labute approximate surface area is 135 Å². The number of ether oxygens (including phenoxy) is 1. The van der Waals surface area contributed by atoms with Crippen molar-refractivity contribution in [2.24, 2.45) is 0 Å². The van der Waals surface area contributed by atoms with Gasteiger partial charge in [0.05, 0.1) is 15.9 Å². The fraction of sp³-hybridized carbons (Fsp3) is 0.455. The molecule has 0 saturated heterocycles. The molecule has 102 valence electrons. The number of hydrogen-bond donors (Lipinski definition) is 2. The molecule has 0 bridgehead atoms. The van der Waals surface area contributed by atoms with Crippen molar-refractivity contribution in [1.82, 2.24) is 5.32 Å². The maximum absolute atomic E-state index is 10.3. The van der Waals surface area contributed by atoms with E-state index in [4.69, 9.17) is 4.74 Å². The van der Waals surface area contributed by atoms with Gasteiger partial charge >= 0.3 is 29.6 Å². The van der Waals surface area contributed by atoms with E-state index in [1.807, 2.05) is 18.2 Å². The third-order valence-corrected chi connectivity index (χ3v) is 2.80. The SMILES string of the molecule is O=S(=O)([O-])CCNCC(O)COc1ccccc1.[Na+]. The van der Waals surface area contributed by atoms with Crippen LogP contribution in [0.25, 0.3) is 0 Å². The Morgan fingerprint density at radius 2 is 1.95 bits per heavy atom. The van der Waals surface area contributed by atoms with Gasteiger partial charge in [0.25, 0.3) is 0 Å². The molecule has 0 aromatic heterocycles. The van der Waals surface area contributed by atoms with Crippen LogP contribution >= 0.6 is 0 Å². The molecule has 8 heteroatoms. The molecule has 0 heterocycles.